The molecule has 2 rings (SSSR count). The van der Waals surface area contributed by atoms with Crippen molar-refractivity contribution in [1.82, 2.24) is 10.2 Å². The van der Waals surface area contributed by atoms with Crippen molar-refractivity contribution in [2.24, 2.45) is 17.1 Å². The molecule has 20 heavy (non-hydrogen) atoms. The molecule has 0 aromatic heterocycles. The van der Waals surface area contributed by atoms with Crippen molar-refractivity contribution in [2.45, 2.75) is 45.7 Å². The van der Waals surface area contributed by atoms with Crippen LogP contribution in [-0.4, -0.2) is 47.0 Å². The van der Waals surface area contributed by atoms with Crippen molar-refractivity contribution < 1.29 is 9.59 Å². The molecular weight excluding hydrogens is 274 g/mol. The van der Waals surface area contributed by atoms with Gasteiger partial charge in [-0.15, -0.1) is 11.8 Å². The largest absolute Gasteiger partial charge is 0.350 e. The van der Waals surface area contributed by atoms with Gasteiger partial charge in [-0.05, 0) is 18.8 Å². The molecule has 1 saturated heterocycles. The standard InChI is InChI=1S/C14H25N3O2S/c1-14(2,3)13(19)17-8-20-7-11(17)12(18)16-10(6-15)9-4-5-9/h9-11H,4-8,15H2,1-3H3,(H,16,18). The molecule has 1 aliphatic carbocycles. The third kappa shape index (κ3) is 3.47. The highest BCUT2D eigenvalue weighted by molar-refractivity contribution is 7.99. The monoisotopic (exact) mass is 299 g/mol. The number of nitrogens with one attached hydrogen (secondary N) is 1. The lowest BCUT2D eigenvalue weighted by molar-refractivity contribution is -0.144. The Kier molecular flexibility index (Phi) is 4.64. The summed E-state index contributed by atoms with van der Waals surface area (Å²) in [4.78, 5) is 26.5. The van der Waals surface area contributed by atoms with Crippen LogP contribution in [0.4, 0.5) is 0 Å². The zero-order chi connectivity index (χ0) is 14.9. The van der Waals surface area contributed by atoms with Crippen molar-refractivity contribution in [3.63, 3.8) is 0 Å². The number of hydrogen-bond donors (Lipinski definition) is 2. The van der Waals surface area contributed by atoms with Gasteiger partial charge < -0.3 is 16.0 Å². The maximum absolute atomic E-state index is 12.4. The minimum Gasteiger partial charge on any atom is -0.350 e. The van der Waals surface area contributed by atoms with Gasteiger partial charge in [-0.1, -0.05) is 20.8 Å². The van der Waals surface area contributed by atoms with E-state index in [0.29, 0.717) is 24.1 Å². The normalized spacial score (nSPS) is 24.6. The van der Waals surface area contributed by atoms with Gasteiger partial charge in [0.1, 0.15) is 6.04 Å². The van der Waals surface area contributed by atoms with E-state index in [-0.39, 0.29) is 23.9 Å². The number of nitrogens with zero attached hydrogens (tertiary/aromatic N) is 1. The summed E-state index contributed by atoms with van der Waals surface area (Å²) in [5.41, 5.74) is 5.27. The van der Waals surface area contributed by atoms with Crippen LogP contribution in [-0.2, 0) is 9.59 Å². The van der Waals surface area contributed by atoms with Gasteiger partial charge in [0, 0.05) is 23.8 Å². The van der Waals surface area contributed by atoms with Crippen molar-refractivity contribution in [3.05, 3.63) is 0 Å². The van der Waals surface area contributed by atoms with Crippen LogP contribution in [0.1, 0.15) is 33.6 Å². The molecule has 3 N–H and O–H groups in total. The number of carbonyl (C=O) groups excluding carboxylic acids is 2. The molecular formula is C14H25N3O2S. The van der Waals surface area contributed by atoms with E-state index in [0.717, 1.165) is 12.8 Å². The van der Waals surface area contributed by atoms with E-state index in [2.05, 4.69) is 5.32 Å². The molecule has 0 bridgehead atoms. The first kappa shape index (κ1) is 15.6. The molecule has 2 unspecified atom stereocenters. The van der Waals surface area contributed by atoms with Crippen LogP contribution in [0, 0.1) is 11.3 Å². The van der Waals surface area contributed by atoms with Crippen LogP contribution < -0.4 is 11.1 Å². The smallest absolute Gasteiger partial charge is 0.243 e. The van der Waals surface area contributed by atoms with Crippen molar-refractivity contribution in [3.8, 4) is 0 Å². The predicted octanol–water partition coefficient (Wildman–Crippen LogP) is 0.788. The van der Waals surface area contributed by atoms with Crippen LogP contribution in [0.25, 0.3) is 0 Å². The van der Waals surface area contributed by atoms with Crippen LogP contribution in [0.15, 0.2) is 0 Å². The molecule has 2 amide bonds. The summed E-state index contributed by atoms with van der Waals surface area (Å²) in [6.45, 7) is 6.14. The minimum absolute atomic E-state index is 0.0402. The average molecular weight is 299 g/mol. The van der Waals surface area contributed by atoms with E-state index in [1.165, 1.54) is 0 Å². The molecule has 2 atom stereocenters. The molecule has 0 aromatic rings. The summed E-state index contributed by atoms with van der Waals surface area (Å²) < 4.78 is 0. The number of rotatable bonds is 4. The lowest BCUT2D eigenvalue weighted by atomic mass is 9.94. The lowest BCUT2D eigenvalue weighted by Crippen LogP contribution is -2.53. The summed E-state index contributed by atoms with van der Waals surface area (Å²) >= 11 is 1.63. The van der Waals surface area contributed by atoms with Gasteiger partial charge in [0.15, 0.2) is 0 Å². The van der Waals surface area contributed by atoms with Gasteiger partial charge in [-0.3, -0.25) is 9.59 Å². The number of thioether (sulfide) groups is 1. The van der Waals surface area contributed by atoms with E-state index in [4.69, 9.17) is 5.73 Å². The topological polar surface area (TPSA) is 75.4 Å². The van der Waals surface area contributed by atoms with Crippen molar-refractivity contribution in [1.29, 1.82) is 0 Å². The molecule has 2 fully saturated rings. The second-order valence-electron chi connectivity index (χ2n) is 6.73. The fraction of sp³-hybridized carbons (Fsp3) is 0.857. The molecule has 1 aliphatic heterocycles. The first-order chi connectivity index (χ1) is 9.34. The van der Waals surface area contributed by atoms with E-state index in [9.17, 15) is 9.59 Å². The Morgan fingerprint density at radius 2 is 2.05 bits per heavy atom. The maximum Gasteiger partial charge on any atom is 0.243 e. The number of amides is 2. The van der Waals surface area contributed by atoms with Crippen LogP contribution in [0.5, 0.6) is 0 Å². The summed E-state index contributed by atoms with van der Waals surface area (Å²) in [6, 6.07) is -0.279. The second kappa shape index (κ2) is 5.93. The zero-order valence-corrected chi connectivity index (χ0v) is 13.3. The molecule has 1 heterocycles. The Morgan fingerprint density at radius 1 is 1.40 bits per heavy atom. The zero-order valence-electron chi connectivity index (χ0n) is 12.5. The molecule has 114 valence electrons. The Morgan fingerprint density at radius 3 is 2.55 bits per heavy atom. The summed E-state index contributed by atoms with van der Waals surface area (Å²) in [7, 11) is 0. The van der Waals surface area contributed by atoms with Crippen LogP contribution >= 0.6 is 11.8 Å². The highest BCUT2D eigenvalue weighted by Gasteiger charge is 2.40. The minimum atomic E-state index is -0.451. The summed E-state index contributed by atoms with van der Waals surface area (Å²) in [5.74, 6) is 1.80. The third-order valence-corrected chi connectivity index (χ3v) is 4.87. The highest BCUT2D eigenvalue weighted by atomic mass is 32.2. The molecule has 0 radical (unpaired) electrons. The van der Waals surface area contributed by atoms with E-state index in [1.54, 1.807) is 16.7 Å². The lowest BCUT2D eigenvalue weighted by Gasteiger charge is -2.30. The van der Waals surface area contributed by atoms with Crippen LogP contribution in [0.2, 0.25) is 0 Å². The van der Waals surface area contributed by atoms with Gasteiger partial charge in [0.25, 0.3) is 0 Å². The third-order valence-electron chi connectivity index (χ3n) is 3.86. The SMILES string of the molecule is CC(C)(C)C(=O)N1CSCC1C(=O)NC(CN)C1CC1. The van der Waals surface area contributed by atoms with Crippen LogP contribution in [0.3, 0.4) is 0 Å². The van der Waals surface area contributed by atoms with Gasteiger partial charge in [-0.2, -0.15) is 0 Å². The van der Waals surface area contributed by atoms with Gasteiger partial charge >= 0.3 is 0 Å². The molecule has 0 aromatic carbocycles. The first-order valence-corrected chi connectivity index (χ1v) is 8.39. The number of hydrogen-bond acceptors (Lipinski definition) is 4. The maximum atomic E-state index is 12.4. The van der Waals surface area contributed by atoms with Gasteiger partial charge in [0.05, 0.1) is 5.88 Å². The van der Waals surface area contributed by atoms with Crippen molar-refractivity contribution >= 4 is 23.6 Å². The Labute approximate surface area is 125 Å². The van der Waals surface area contributed by atoms with Gasteiger partial charge in [-0.25, -0.2) is 0 Å². The fourth-order valence-electron chi connectivity index (χ4n) is 2.44. The fourth-order valence-corrected chi connectivity index (χ4v) is 3.59. The molecule has 5 nitrogen and oxygen atoms in total. The molecule has 1 saturated carbocycles. The number of carbonyl (C=O) groups is 2. The molecule has 0 spiro atoms. The van der Waals surface area contributed by atoms with E-state index >= 15 is 0 Å². The number of nitrogens with two attached hydrogens (primary N) is 1. The molecule has 2 aliphatic rings. The first-order valence-electron chi connectivity index (χ1n) is 7.24. The van der Waals surface area contributed by atoms with E-state index in [1.807, 2.05) is 20.8 Å². The summed E-state index contributed by atoms with van der Waals surface area (Å²) in [6.07, 6.45) is 2.29. The van der Waals surface area contributed by atoms with Gasteiger partial charge in [0.2, 0.25) is 11.8 Å². The van der Waals surface area contributed by atoms with Crippen molar-refractivity contribution in [2.75, 3.05) is 18.2 Å². The Hall–Kier alpha value is -0.750. The summed E-state index contributed by atoms with van der Waals surface area (Å²) in [5, 5.41) is 3.04. The Bertz CT molecular complexity index is 390. The Balaban J connectivity index is 1.99. The quantitative estimate of drug-likeness (QED) is 0.805. The highest BCUT2D eigenvalue weighted by Crippen LogP contribution is 2.33. The average Bonchev–Trinajstić information content (AvgIpc) is 3.10. The predicted molar refractivity (Wildman–Crippen MR) is 81.1 cm³/mol. The molecule has 6 heteroatoms. The second-order valence-corrected chi connectivity index (χ2v) is 7.73. The van der Waals surface area contributed by atoms with E-state index < -0.39 is 5.41 Å².